The number of para-hydroxylation sites is 1. The standard InChI is InChI=1S/C17H12IN5O3/c18-11-3-1-2-4-13(11)23-8-14(25)15(22-23)17(26)19-16-10-6-5-9(24)7-12(10)20-21-16/h1-8,24-25H,(H2,19,20,21,26). The van der Waals surface area contributed by atoms with Crippen LogP contribution in [0.4, 0.5) is 5.82 Å². The number of halogens is 1. The van der Waals surface area contributed by atoms with Gasteiger partial charge in [0.1, 0.15) is 5.75 Å². The molecule has 0 spiro atoms. The highest BCUT2D eigenvalue weighted by Crippen LogP contribution is 2.26. The van der Waals surface area contributed by atoms with Gasteiger partial charge in [0.15, 0.2) is 17.3 Å². The highest BCUT2D eigenvalue weighted by molar-refractivity contribution is 14.1. The highest BCUT2D eigenvalue weighted by atomic mass is 127. The molecule has 8 nitrogen and oxygen atoms in total. The third-order valence-electron chi connectivity index (χ3n) is 3.79. The van der Waals surface area contributed by atoms with E-state index in [1.165, 1.54) is 23.0 Å². The zero-order valence-corrected chi connectivity index (χ0v) is 15.3. The van der Waals surface area contributed by atoms with Gasteiger partial charge in [0.05, 0.1) is 17.4 Å². The van der Waals surface area contributed by atoms with Gasteiger partial charge >= 0.3 is 0 Å². The molecule has 2 aromatic carbocycles. The Hall–Kier alpha value is -3.08. The topological polar surface area (TPSA) is 116 Å². The molecule has 4 aromatic rings. The average molecular weight is 461 g/mol. The van der Waals surface area contributed by atoms with Crippen LogP contribution in [0, 0.1) is 3.57 Å². The van der Waals surface area contributed by atoms with Crippen LogP contribution in [0.3, 0.4) is 0 Å². The first-order valence-corrected chi connectivity index (χ1v) is 8.63. The summed E-state index contributed by atoms with van der Waals surface area (Å²) in [7, 11) is 0. The Balaban J connectivity index is 1.65. The van der Waals surface area contributed by atoms with E-state index in [1.807, 2.05) is 24.3 Å². The summed E-state index contributed by atoms with van der Waals surface area (Å²) >= 11 is 2.15. The predicted molar refractivity (Wildman–Crippen MR) is 104 cm³/mol. The normalized spacial score (nSPS) is 11.0. The Labute approximate surface area is 160 Å². The minimum atomic E-state index is -0.589. The van der Waals surface area contributed by atoms with E-state index in [9.17, 15) is 15.0 Å². The van der Waals surface area contributed by atoms with Crippen molar-refractivity contribution in [2.24, 2.45) is 0 Å². The smallest absolute Gasteiger partial charge is 0.281 e. The number of H-pyrrole nitrogens is 1. The summed E-state index contributed by atoms with van der Waals surface area (Å²) in [5, 5.41) is 33.8. The number of hydrogen-bond donors (Lipinski definition) is 4. The van der Waals surface area contributed by atoms with E-state index in [4.69, 9.17) is 0 Å². The van der Waals surface area contributed by atoms with Crippen molar-refractivity contribution in [1.82, 2.24) is 20.0 Å². The third kappa shape index (κ3) is 2.86. The first-order chi connectivity index (χ1) is 12.5. The summed E-state index contributed by atoms with van der Waals surface area (Å²) in [5.74, 6) is -0.450. The molecule has 0 unspecified atom stereocenters. The van der Waals surface area contributed by atoms with E-state index in [0.717, 1.165) is 9.26 Å². The summed E-state index contributed by atoms with van der Waals surface area (Å²) in [4.78, 5) is 12.5. The molecule has 0 aliphatic carbocycles. The van der Waals surface area contributed by atoms with Gasteiger partial charge in [-0.25, -0.2) is 4.68 Å². The number of phenols is 1. The zero-order valence-electron chi connectivity index (χ0n) is 13.1. The van der Waals surface area contributed by atoms with Crippen LogP contribution < -0.4 is 5.32 Å². The maximum Gasteiger partial charge on any atom is 0.281 e. The van der Waals surface area contributed by atoms with E-state index >= 15 is 0 Å². The predicted octanol–water partition coefficient (Wildman–Crippen LogP) is 3.02. The fourth-order valence-electron chi connectivity index (χ4n) is 2.56. The molecule has 0 saturated heterocycles. The van der Waals surface area contributed by atoms with Crippen molar-refractivity contribution in [1.29, 1.82) is 0 Å². The van der Waals surface area contributed by atoms with Gasteiger partial charge in [0.25, 0.3) is 5.91 Å². The molecular formula is C17H12IN5O3. The first-order valence-electron chi connectivity index (χ1n) is 7.55. The van der Waals surface area contributed by atoms with E-state index in [2.05, 4.69) is 43.2 Å². The van der Waals surface area contributed by atoms with Gasteiger partial charge in [-0.3, -0.25) is 9.89 Å². The molecule has 1 amide bonds. The van der Waals surface area contributed by atoms with Gasteiger partial charge in [-0.2, -0.15) is 10.2 Å². The minimum absolute atomic E-state index is 0.0906. The summed E-state index contributed by atoms with van der Waals surface area (Å²) in [5.41, 5.74) is 1.22. The summed E-state index contributed by atoms with van der Waals surface area (Å²) < 4.78 is 2.38. The Morgan fingerprint density at radius 2 is 2.00 bits per heavy atom. The number of aromatic amines is 1. The molecule has 4 N–H and O–H groups in total. The largest absolute Gasteiger partial charge is 0.508 e. The number of nitrogens with one attached hydrogen (secondary N) is 2. The van der Waals surface area contributed by atoms with Crippen molar-refractivity contribution in [3.05, 3.63) is 57.9 Å². The number of aromatic hydroxyl groups is 2. The van der Waals surface area contributed by atoms with Crippen LogP contribution in [-0.4, -0.2) is 36.1 Å². The molecule has 0 aliphatic rings. The summed E-state index contributed by atoms with van der Waals surface area (Å²) in [6.45, 7) is 0. The lowest BCUT2D eigenvalue weighted by Crippen LogP contribution is -2.14. The van der Waals surface area contributed by atoms with E-state index in [1.54, 1.807) is 6.07 Å². The van der Waals surface area contributed by atoms with Crippen molar-refractivity contribution in [2.45, 2.75) is 0 Å². The second-order valence-corrected chi connectivity index (χ2v) is 6.68. The number of anilines is 1. The molecule has 0 saturated carbocycles. The SMILES string of the molecule is O=C(Nc1n[nH]c2cc(O)ccc12)c1nn(-c2ccccc2I)cc1O. The van der Waals surface area contributed by atoms with Crippen molar-refractivity contribution >= 4 is 45.2 Å². The van der Waals surface area contributed by atoms with Crippen molar-refractivity contribution in [3.8, 4) is 17.2 Å². The van der Waals surface area contributed by atoms with Crippen LogP contribution in [0.15, 0.2) is 48.7 Å². The number of aromatic nitrogens is 4. The number of nitrogens with zero attached hydrogens (tertiary/aromatic N) is 3. The van der Waals surface area contributed by atoms with Gasteiger partial charge in [-0.05, 0) is 46.9 Å². The van der Waals surface area contributed by atoms with Crippen molar-refractivity contribution in [3.63, 3.8) is 0 Å². The number of fused-ring (bicyclic) bond motifs is 1. The van der Waals surface area contributed by atoms with Crippen LogP contribution in [-0.2, 0) is 0 Å². The lowest BCUT2D eigenvalue weighted by atomic mass is 10.2. The highest BCUT2D eigenvalue weighted by Gasteiger charge is 2.20. The van der Waals surface area contributed by atoms with E-state index in [0.29, 0.717) is 10.9 Å². The first kappa shape index (κ1) is 16.4. The van der Waals surface area contributed by atoms with Crippen molar-refractivity contribution in [2.75, 3.05) is 5.32 Å². The fourth-order valence-corrected chi connectivity index (χ4v) is 3.19. The van der Waals surface area contributed by atoms with Gasteiger partial charge in [-0.1, -0.05) is 12.1 Å². The molecule has 2 heterocycles. The molecule has 26 heavy (non-hydrogen) atoms. The second-order valence-electron chi connectivity index (χ2n) is 5.52. The van der Waals surface area contributed by atoms with Crippen LogP contribution in [0.25, 0.3) is 16.6 Å². The van der Waals surface area contributed by atoms with Gasteiger partial charge in [-0.15, -0.1) is 0 Å². The summed E-state index contributed by atoms with van der Waals surface area (Å²) in [6, 6.07) is 12.1. The zero-order chi connectivity index (χ0) is 18.3. The Kier molecular flexibility index (Phi) is 3.99. The minimum Gasteiger partial charge on any atom is -0.508 e. The van der Waals surface area contributed by atoms with Gasteiger partial charge < -0.3 is 15.5 Å². The number of carbonyl (C=O) groups is 1. The number of benzene rings is 2. The van der Waals surface area contributed by atoms with E-state index in [-0.39, 0.29) is 23.0 Å². The Morgan fingerprint density at radius 1 is 1.19 bits per heavy atom. The fraction of sp³-hybridized carbons (Fsp3) is 0. The average Bonchev–Trinajstić information content (AvgIpc) is 3.18. The van der Waals surface area contributed by atoms with Crippen LogP contribution in [0.2, 0.25) is 0 Å². The number of carbonyl (C=O) groups excluding carboxylic acids is 1. The molecule has 4 rings (SSSR count). The third-order valence-corrected chi connectivity index (χ3v) is 4.70. The van der Waals surface area contributed by atoms with Gasteiger partial charge in [0, 0.05) is 15.0 Å². The monoisotopic (exact) mass is 461 g/mol. The Bertz CT molecular complexity index is 1130. The molecular weight excluding hydrogens is 449 g/mol. The molecule has 2 aromatic heterocycles. The quantitative estimate of drug-likeness (QED) is 0.350. The summed E-state index contributed by atoms with van der Waals surface area (Å²) in [6.07, 6.45) is 1.38. The van der Waals surface area contributed by atoms with Crippen LogP contribution in [0.5, 0.6) is 11.5 Å². The van der Waals surface area contributed by atoms with Crippen LogP contribution in [0.1, 0.15) is 10.5 Å². The number of amides is 1. The number of phenolic OH excluding ortho intramolecular Hbond substituents is 1. The van der Waals surface area contributed by atoms with E-state index < -0.39 is 5.91 Å². The molecule has 0 atom stereocenters. The number of hydrogen-bond acceptors (Lipinski definition) is 5. The van der Waals surface area contributed by atoms with Gasteiger partial charge in [0.2, 0.25) is 0 Å². The molecule has 130 valence electrons. The molecule has 0 aliphatic heterocycles. The molecule has 0 fully saturated rings. The number of rotatable bonds is 3. The molecule has 0 bridgehead atoms. The maximum absolute atomic E-state index is 12.5. The lowest BCUT2D eigenvalue weighted by Gasteiger charge is -2.03. The second kappa shape index (κ2) is 6.33. The van der Waals surface area contributed by atoms with Crippen LogP contribution >= 0.6 is 22.6 Å². The molecule has 0 radical (unpaired) electrons. The van der Waals surface area contributed by atoms with Crippen molar-refractivity contribution < 1.29 is 15.0 Å². The Morgan fingerprint density at radius 3 is 2.81 bits per heavy atom. The maximum atomic E-state index is 12.5. The lowest BCUT2D eigenvalue weighted by molar-refractivity contribution is 0.101. The molecule has 9 heteroatoms.